The molecule has 170 valence electrons. The summed E-state index contributed by atoms with van der Waals surface area (Å²) in [4.78, 5) is 34.7. The molecule has 1 saturated heterocycles. The molecule has 1 aromatic heterocycles. The molecule has 0 bridgehead atoms. The first-order valence-electron chi connectivity index (χ1n) is 11.5. The predicted octanol–water partition coefficient (Wildman–Crippen LogP) is 5.16. The van der Waals surface area contributed by atoms with E-state index in [1.165, 1.54) is 0 Å². The Morgan fingerprint density at radius 1 is 0.971 bits per heavy atom. The normalized spacial score (nSPS) is 22.1. The van der Waals surface area contributed by atoms with Gasteiger partial charge in [0.05, 0.1) is 5.69 Å². The van der Waals surface area contributed by atoms with Crippen LogP contribution in [-0.4, -0.2) is 39.7 Å². The molecule has 1 fully saturated rings. The Labute approximate surface area is 206 Å². The van der Waals surface area contributed by atoms with E-state index in [9.17, 15) is 9.59 Å². The summed E-state index contributed by atoms with van der Waals surface area (Å²) >= 11 is 3.53. The van der Waals surface area contributed by atoms with E-state index >= 15 is 0 Å². The van der Waals surface area contributed by atoms with E-state index < -0.39 is 5.54 Å². The van der Waals surface area contributed by atoms with E-state index in [4.69, 9.17) is 0 Å². The third-order valence-corrected chi connectivity index (χ3v) is 7.83. The number of rotatable bonds is 3. The minimum atomic E-state index is -1.08. The van der Waals surface area contributed by atoms with Crippen molar-refractivity contribution in [2.75, 3.05) is 13.1 Å². The summed E-state index contributed by atoms with van der Waals surface area (Å²) in [7, 11) is 0. The van der Waals surface area contributed by atoms with Gasteiger partial charge in [0.15, 0.2) is 5.54 Å². The average Bonchev–Trinajstić information content (AvgIpc) is 3.25. The van der Waals surface area contributed by atoms with Gasteiger partial charge in [0, 0.05) is 34.4 Å². The zero-order valence-corrected chi connectivity index (χ0v) is 20.4. The van der Waals surface area contributed by atoms with Gasteiger partial charge in [-0.25, -0.2) is 0 Å². The molecule has 3 aromatic carbocycles. The number of amides is 2. The summed E-state index contributed by atoms with van der Waals surface area (Å²) in [5, 5.41) is 1.10. The van der Waals surface area contributed by atoms with Crippen molar-refractivity contribution in [2.45, 2.75) is 24.9 Å². The first-order valence-corrected chi connectivity index (χ1v) is 12.3. The number of para-hydroxylation sites is 1. The quantitative estimate of drug-likeness (QED) is 0.411. The van der Waals surface area contributed by atoms with Gasteiger partial charge in [-0.2, -0.15) is 0 Å². The number of carbonyl (C=O) groups excluding carboxylic acids is 2. The Hall–Kier alpha value is -3.38. The lowest BCUT2D eigenvalue weighted by molar-refractivity contribution is -0.166. The molecule has 0 spiro atoms. The molecule has 6 rings (SSSR count). The van der Waals surface area contributed by atoms with E-state index in [2.05, 4.69) is 39.1 Å². The summed E-state index contributed by atoms with van der Waals surface area (Å²) in [5.74, 6) is -0.0905. The molecule has 1 N–H and O–H groups in total. The number of piperazine rings is 1. The topological polar surface area (TPSA) is 56.4 Å². The van der Waals surface area contributed by atoms with Crippen molar-refractivity contribution in [3.8, 4) is 0 Å². The Morgan fingerprint density at radius 2 is 1.68 bits per heavy atom. The lowest BCUT2D eigenvalue weighted by Crippen LogP contribution is -2.67. The highest BCUT2D eigenvalue weighted by Gasteiger charge is 2.56. The van der Waals surface area contributed by atoms with Crippen molar-refractivity contribution in [3.63, 3.8) is 0 Å². The van der Waals surface area contributed by atoms with Gasteiger partial charge in [0.2, 0.25) is 5.91 Å². The lowest BCUT2D eigenvalue weighted by Gasteiger charge is -2.51. The van der Waals surface area contributed by atoms with Gasteiger partial charge in [0.25, 0.3) is 5.91 Å². The number of nitrogens with zero attached hydrogens (tertiary/aromatic N) is 2. The number of benzene rings is 3. The highest BCUT2D eigenvalue weighted by Crippen LogP contribution is 2.48. The first kappa shape index (κ1) is 21.2. The molecule has 34 heavy (non-hydrogen) atoms. The van der Waals surface area contributed by atoms with E-state index in [0.29, 0.717) is 13.1 Å². The largest absolute Gasteiger partial charge is 0.356 e. The molecule has 3 heterocycles. The summed E-state index contributed by atoms with van der Waals surface area (Å²) in [6, 6.07) is 26.3. The molecule has 0 radical (unpaired) electrons. The first-order chi connectivity index (χ1) is 16.5. The number of hydrogen-bond acceptors (Lipinski definition) is 2. The molecule has 6 heteroatoms. The standard InChI is InChI=1S/C28H24BrN3O2/c1-28-26-25(21-9-5-6-10-23(21)30-26)22(19-11-13-20(29)14-12-19)16-32(28)24(33)17-31(27(28)34)15-18-7-3-2-4-8-18/h2-14,22,30H,15-17H2,1H3. The number of hydrogen-bond donors (Lipinski definition) is 1. The van der Waals surface area contributed by atoms with E-state index in [1.54, 1.807) is 9.80 Å². The second-order valence-electron chi connectivity index (χ2n) is 9.29. The van der Waals surface area contributed by atoms with Crippen LogP contribution in [-0.2, 0) is 21.7 Å². The van der Waals surface area contributed by atoms with Gasteiger partial charge in [0.1, 0.15) is 6.54 Å². The lowest BCUT2D eigenvalue weighted by atomic mass is 9.76. The number of aromatic nitrogens is 1. The van der Waals surface area contributed by atoms with Gasteiger partial charge in [-0.3, -0.25) is 9.59 Å². The van der Waals surface area contributed by atoms with Gasteiger partial charge in [-0.05, 0) is 41.8 Å². The Morgan fingerprint density at radius 3 is 2.44 bits per heavy atom. The molecule has 2 aliphatic rings. The van der Waals surface area contributed by atoms with Crippen molar-refractivity contribution in [2.24, 2.45) is 0 Å². The number of carbonyl (C=O) groups is 2. The highest BCUT2D eigenvalue weighted by molar-refractivity contribution is 9.10. The number of aromatic amines is 1. The van der Waals surface area contributed by atoms with Crippen LogP contribution >= 0.6 is 15.9 Å². The van der Waals surface area contributed by atoms with Gasteiger partial charge >= 0.3 is 0 Å². The van der Waals surface area contributed by atoms with Crippen LogP contribution in [0, 0.1) is 0 Å². The van der Waals surface area contributed by atoms with Gasteiger partial charge in [-0.15, -0.1) is 0 Å². The smallest absolute Gasteiger partial charge is 0.255 e. The fourth-order valence-corrected chi connectivity index (χ4v) is 5.87. The van der Waals surface area contributed by atoms with Crippen molar-refractivity contribution >= 4 is 38.6 Å². The molecule has 2 atom stereocenters. The second kappa shape index (κ2) is 7.84. The summed E-state index contributed by atoms with van der Waals surface area (Å²) in [5.41, 5.74) is 3.98. The van der Waals surface area contributed by atoms with E-state index in [0.717, 1.165) is 37.8 Å². The maximum absolute atomic E-state index is 14.1. The van der Waals surface area contributed by atoms with Crippen molar-refractivity contribution in [1.82, 2.24) is 14.8 Å². The summed E-state index contributed by atoms with van der Waals surface area (Å²) in [6.07, 6.45) is 0. The van der Waals surface area contributed by atoms with Crippen LogP contribution in [0.15, 0.2) is 83.3 Å². The summed E-state index contributed by atoms with van der Waals surface area (Å²) < 4.78 is 1.01. The molecule has 2 aliphatic heterocycles. The van der Waals surface area contributed by atoms with E-state index in [1.807, 2.05) is 67.6 Å². The summed E-state index contributed by atoms with van der Waals surface area (Å²) in [6.45, 7) is 2.87. The Balaban J connectivity index is 1.52. The van der Waals surface area contributed by atoms with Gasteiger partial charge < -0.3 is 14.8 Å². The highest BCUT2D eigenvalue weighted by atomic mass is 79.9. The molecular weight excluding hydrogens is 490 g/mol. The number of nitrogens with one attached hydrogen (secondary N) is 1. The van der Waals surface area contributed by atoms with Crippen molar-refractivity contribution in [1.29, 1.82) is 0 Å². The fourth-order valence-electron chi connectivity index (χ4n) is 5.60. The monoisotopic (exact) mass is 513 g/mol. The number of halogens is 1. The minimum Gasteiger partial charge on any atom is -0.356 e. The Bertz CT molecular complexity index is 1410. The van der Waals surface area contributed by atoms with Crippen LogP contribution in [0.4, 0.5) is 0 Å². The third kappa shape index (κ3) is 3.12. The van der Waals surface area contributed by atoms with Crippen molar-refractivity contribution < 1.29 is 9.59 Å². The molecule has 5 nitrogen and oxygen atoms in total. The van der Waals surface area contributed by atoms with Crippen LogP contribution in [0.3, 0.4) is 0 Å². The molecule has 4 aromatic rings. The molecule has 0 saturated carbocycles. The molecule has 0 aliphatic carbocycles. The molecular formula is C28H24BrN3O2. The van der Waals surface area contributed by atoms with Gasteiger partial charge in [-0.1, -0.05) is 76.6 Å². The predicted molar refractivity (Wildman–Crippen MR) is 135 cm³/mol. The number of H-pyrrole nitrogens is 1. The van der Waals surface area contributed by atoms with Crippen LogP contribution in [0.5, 0.6) is 0 Å². The molecule has 2 amide bonds. The maximum Gasteiger partial charge on any atom is 0.255 e. The van der Waals surface area contributed by atoms with Crippen LogP contribution < -0.4 is 0 Å². The maximum atomic E-state index is 14.1. The zero-order valence-electron chi connectivity index (χ0n) is 18.8. The van der Waals surface area contributed by atoms with Crippen LogP contribution in [0.2, 0.25) is 0 Å². The minimum absolute atomic E-state index is 0.0234. The third-order valence-electron chi connectivity index (χ3n) is 7.31. The number of fused-ring (bicyclic) bond motifs is 5. The fraction of sp³-hybridized carbons (Fsp3) is 0.214. The van der Waals surface area contributed by atoms with Crippen molar-refractivity contribution in [3.05, 3.63) is 106 Å². The van der Waals surface area contributed by atoms with Crippen LogP contribution in [0.1, 0.15) is 35.2 Å². The van der Waals surface area contributed by atoms with E-state index in [-0.39, 0.29) is 24.3 Å². The zero-order chi connectivity index (χ0) is 23.4. The van der Waals surface area contributed by atoms with Crippen LogP contribution in [0.25, 0.3) is 10.9 Å². The SMILES string of the molecule is CC12C(=O)N(Cc3ccccc3)CC(=O)N1CC(c1ccc(Br)cc1)c1c2[nH]c2ccccc12. The average molecular weight is 514 g/mol. The Kier molecular flexibility index (Phi) is 4.88. The second-order valence-corrected chi connectivity index (χ2v) is 10.2. The molecule has 2 unspecified atom stereocenters.